The standard InChI is InChI=1S/C13H15Br2ClO/c1-3-13(2)11(15)7-12(13)17-10-5-4-8(14)6-9(10)16/h4-6,11-12H,3,7H2,1-2H3. The van der Waals surface area contributed by atoms with E-state index in [0.717, 1.165) is 23.1 Å². The van der Waals surface area contributed by atoms with Gasteiger partial charge in [0.1, 0.15) is 11.9 Å². The molecule has 0 radical (unpaired) electrons. The largest absolute Gasteiger partial charge is 0.488 e. The van der Waals surface area contributed by atoms with Gasteiger partial charge in [-0.25, -0.2) is 0 Å². The summed E-state index contributed by atoms with van der Waals surface area (Å²) in [6.45, 7) is 4.46. The van der Waals surface area contributed by atoms with E-state index in [2.05, 4.69) is 45.7 Å². The highest BCUT2D eigenvalue weighted by atomic mass is 79.9. The number of benzene rings is 1. The molecule has 1 saturated carbocycles. The van der Waals surface area contributed by atoms with E-state index in [9.17, 15) is 0 Å². The smallest absolute Gasteiger partial charge is 0.138 e. The Kier molecular flexibility index (Phi) is 4.11. The number of hydrogen-bond acceptors (Lipinski definition) is 1. The fourth-order valence-corrected chi connectivity index (χ4v) is 3.80. The fourth-order valence-electron chi connectivity index (χ4n) is 2.12. The van der Waals surface area contributed by atoms with E-state index >= 15 is 0 Å². The molecule has 0 aliphatic heterocycles. The molecule has 3 unspecified atom stereocenters. The van der Waals surface area contributed by atoms with Crippen LogP contribution in [-0.4, -0.2) is 10.9 Å². The molecule has 1 aromatic rings. The molecule has 4 heteroatoms. The van der Waals surface area contributed by atoms with Crippen LogP contribution in [0.2, 0.25) is 5.02 Å². The van der Waals surface area contributed by atoms with Gasteiger partial charge >= 0.3 is 0 Å². The van der Waals surface area contributed by atoms with Gasteiger partial charge in [0, 0.05) is 14.7 Å². The number of rotatable bonds is 3. The van der Waals surface area contributed by atoms with Gasteiger partial charge in [-0.2, -0.15) is 0 Å². The van der Waals surface area contributed by atoms with Crippen molar-refractivity contribution in [2.75, 3.05) is 0 Å². The zero-order chi connectivity index (χ0) is 12.6. The van der Waals surface area contributed by atoms with Crippen LogP contribution in [0.15, 0.2) is 22.7 Å². The number of halogens is 3. The molecule has 17 heavy (non-hydrogen) atoms. The molecule has 0 amide bonds. The third-order valence-electron chi connectivity index (χ3n) is 3.80. The monoisotopic (exact) mass is 380 g/mol. The maximum absolute atomic E-state index is 6.16. The summed E-state index contributed by atoms with van der Waals surface area (Å²) in [6, 6.07) is 5.74. The third-order valence-corrected chi connectivity index (χ3v) is 6.01. The third kappa shape index (κ3) is 2.52. The van der Waals surface area contributed by atoms with Gasteiger partial charge < -0.3 is 4.74 Å². The van der Waals surface area contributed by atoms with Crippen LogP contribution in [0.1, 0.15) is 26.7 Å². The van der Waals surface area contributed by atoms with E-state index in [-0.39, 0.29) is 11.5 Å². The van der Waals surface area contributed by atoms with Gasteiger partial charge in [-0.3, -0.25) is 0 Å². The summed E-state index contributed by atoms with van der Waals surface area (Å²) in [6.07, 6.45) is 2.38. The van der Waals surface area contributed by atoms with E-state index < -0.39 is 0 Å². The number of alkyl halides is 1. The molecule has 2 rings (SSSR count). The Labute approximate surface area is 124 Å². The summed E-state index contributed by atoms with van der Waals surface area (Å²) in [4.78, 5) is 0.541. The SMILES string of the molecule is CCC1(C)C(Br)CC1Oc1ccc(Br)cc1Cl. The maximum Gasteiger partial charge on any atom is 0.138 e. The summed E-state index contributed by atoms with van der Waals surface area (Å²) in [5.41, 5.74) is 0.205. The first-order valence-electron chi connectivity index (χ1n) is 5.73. The van der Waals surface area contributed by atoms with Crippen LogP contribution in [0.25, 0.3) is 0 Å². The first-order chi connectivity index (χ1) is 7.97. The molecule has 1 nitrogen and oxygen atoms in total. The second-order valence-corrected chi connectivity index (χ2v) is 7.17. The summed E-state index contributed by atoms with van der Waals surface area (Å²) in [7, 11) is 0. The normalized spacial score (nSPS) is 32.1. The fraction of sp³-hybridized carbons (Fsp3) is 0.538. The second kappa shape index (κ2) is 5.10. The Balaban J connectivity index is 2.12. The van der Waals surface area contributed by atoms with Crippen LogP contribution in [0.5, 0.6) is 5.75 Å². The lowest BCUT2D eigenvalue weighted by Gasteiger charge is -2.50. The summed E-state index contributed by atoms with van der Waals surface area (Å²) < 4.78 is 7.00. The van der Waals surface area contributed by atoms with Crippen molar-refractivity contribution in [1.82, 2.24) is 0 Å². The van der Waals surface area contributed by atoms with E-state index in [1.54, 1.807) is 0 Å². The Bertz CT molecular complexity index is 424. The van der Waals surface area contributed by atoms with Gasteiger partial charge in [-0.1, -0.05) is 57.3 Å². The van der Waals surface area contributed by atoms with E-state index in [0.29, 0.717) is 9.85 Å². The molecule has 0 N–H and O–H groups in total. The molecular formula is C13H15Br2ClO. The summed E-state index contributed by atoms with van der Waals surface area (Å²) in [5.74, 6) is 0.777. The molecule has 3 atom stereocenters. The van der Waals surface area contributed by atoms with Crippen molar-refractivity contribution < 1.29 is 4.74 Å². The molecule has 0 heterocycles. The Morgan fingerprint density at radius 1 is 1.53 bits per heavy atom. The van der Waals surface area contributed by atoms with Crippen molar-refractivity contribution in [2.24, 2.45) is 5.41 Å². The van der Waals surface area contributed by atoms with Gasteiger partial charge in [0.25, 0.3) is 0 Å². The Morgan fingerprint density at radius 3 is 2.76 bits per heavy atom. The molecule has 0 bridgehead atoms. The molecule has 1 fully saturated rings. The van der Waals surface area contributed by atoms with Gasteiger partial charge in [0.05, 0.1) is 5.02 Å². The molecular weight excluding hydrogens is 367 g/mol. The topological polar surface area (TPSA) is 9.23 Å². The van der Waals surface area contributed by atoms with E-state index in [1.165, 1.54) is 0 Å². The highest BCUT2D eigenvalue weighted by Crippen LogP contribution is 2.50. The molecule has 94 valence electrons. The maximum atomic E-state index is 6.16. The Morgan fingerprint density at radius 2 is 2.24 bits per heavy atom. The summed E-state index contributed by atoms with van der Waals surface area (Å²) >= 11 is 13.3. The van der Waals surface area contributed by atoms with Crippen LogP contribution in [0, 0.1) is 5.41 Å². The van der Waals surface area contributed by atoms with Crippen LogP contribution in [-0.2, 0) is 0 Å². The van der Waals surface area contributed by atoms with Crippen molar-refractivity contribution in [3.63, 3.8) is 0 Å². The average molecular weight is 383 g/mol. The molecule has 0 spiro atoms. The molecule has 1 aliphatic rings. The van der Waals surface area contributed by atoms with E-state index in [4.69, 9.17) is 16.3 Å². The van der Waals surface area contributed by atoms with Crippen molar-refractivity contribution >= 4 is 43.5 Å². The van der Waals surface area contributed by atoms with Crippen molar-refractivity contribution in [3.8, 4) is 5.75 Å². The Hall–Kier alpha value is 0.270. The lowest BCUT2D eigenvalue weighted by atomic mass is 9.65. The molecule has 1 aromatic carbocycles. The zero-order valence-corrected chi connectivity index (χ0v) is 13.8. The van der Waals surface area contributed by atoms with Crippen LogP contribution in [0.3, 0.4) is 0 Å². The lowest BCUT2D eigenvalue weighted by Crippen LogP contribution is -2.54. The number of ether oxygens (including phenoxy) is 1. The van der Waals surface area contributed by atoms with Gasteiger partial charge in [-0.15, -0.1) is 0 Å². The van der Waals surface area contributed by atoms with Gasteiger partial charge in [-0.05, 0) is 31.0 Å². The van der Waals surface area contributed by atoms with Crippen molar-refractivity contribution in [2.45, 2.75) is 37.6 Å². The minimum absolute atomic E-state index is 0.205. The zero-order valence-electron chi connectivity index (χ0n) is 9.84. The van der Waals surface area contributed by atoms with Crippen molar-refractivity contribution in [3.05, 3.63) is 27.7 Å². The first-order valence-corrected chi connectivity index (χ1v) is 7.82. The quantitative estimate of drug-likeness (QED) is 0.633. The lowest BCUT2D eigenvalue weighted by molar-refractivity contribution is -0.0242. The van der Waals surface area contributed by atoms with Gasteiger partial charge in [0.15, 0.2) is 0 Å². The minimum atomic E-state index is 0.205. The first kappa shape index (κ1) is 13.7. The minimum Gasteiger partial charge on any atom is -0.488 e. The highest BCUT2D eigenvalue weighted by molar-refractivity contribution is 9.10. The van der Waals surface area contributed by atoms with Crippen LogP contribution in [0.4, 0.5) is 0 Å². The van der Waals surface area contributed by atoms with Crippen LogP contribution >= 0.6 is 43.5 Å². The molecule has 1 aliphatic carbocycles. The predicted octanol–water partition coefficient (Wildman–Crippen LogP) is 5.43. The molecule has 0 aromatic heterocycles. The predicted molar refractivity (Wildman–Crippen MR) is 79.3 cm³/mol. The van der Waals surface area contributed by atoms with Crippen molar-refractivity contribution in [1.29, 1.82) is 0 Å². The highest BCUT2D eigenvalue weighted by Gasteiger charge is 2.51. The van der Waals surface area contributed by atoms with E-state index in [1.807, 2.05) is 18.2 Å². The average Bonchev–Trinajstić information content (AvgIpc) is 2.30. The van der Waals surface area contributed by atoms with Crippen LogP contribution < -0.4 is 4.74 Å². The summed E-state index contributed by atoms with van der Waals surface area (Å²) in [5, 5.41) is 0.663. The second-order valence-electron chi connectivity index (χ2n) is 4.74. The number of hydrogen-bond donors (Lipinski definition) is 0. The molecule has 0 saturated heterocycles. The van der Waals surface area contributed by atoms with Gasteiger partial charge in [0.2, 0.25) is 0 Å².